The third-order valence-corrected chi connectivity index (χ3v) is 7.17. The molecule has 35 heavy (non-hydrogen) atoms. The summed E-state index contributed by atoms with van der Waals surface area (Å²) in [6.07, 6.45) is -0.276. The first kappa shape index (κ1) is 23.5. The van der Waals surface area contributed by atoms with Gasteiger partial charge in [0.1, 0.15) is 11.3 Å². The zero-order valence-corrected chi connectivity index (χ0v) is 19.9. The molecule has 2 aromatic carbocycles. The number of rotatable bonds is 6. The van der Waals surface area contributed by atoms with Gasteiger partial charge in [-0.1, -0.05) is 24.3 Å². The van der Waals surface area contributed by atoms with Crippen molar-refractivity contribution in [2.24, 2.45) is 0 Å². The van der Waals surface area contributed by atoms with Gasteiger partial charge in [-0.15, -0.1) is 0 Å². The Balaban J connectivity index is 1.32. The number of amides is 3. The van der Waals surface area contributed by atoms with Gasteiger partial charge in [0.25, 0.3) is 5.91 Å². The van der Waals surface area contributed by atoms with Crippen LogP contribution >= 0.6 is 0 Å². The van der Waals surface area contributed by atoms with Gasteiger partial charge >= 0.3 is 0 Å². The van der Waals surface area contributed by atoms with E-state index >= 15 is 0 Å². The second-order valence-electron chi connectivity index (χ2n) is 9.69. The Labute approximate surface area is 204 Å². The van der Waals surface area contributed by atoms with Crippen LogP contribution in [0.2, 0.25) is 0 Å². The summed E-state index contributed by atoms with van der Waals surface area (Å²) in [5, 5.41) is 13.1. The van der Waals surface area contributed by atoms with Crippen LogP contribution in [0.15, 0.2) is 48.5 Å². The van der Waals surface area contributed by atoms with E-state index in [9.17, 15) is 19.5 Å². The lowest BCUT2D eigenvalue weighted by atomic mass is 9.82. The molecule has 2 N–H and O–H groups in total. The molecule has 3 saturated heterocycles. The number of benzene rings is 2. The van der Waals surface area contributed by atoms with Gasteiger partial charge in [0.05, 0.1) is 25.8 Å². The monoisotopic (exact) mass is 478 g/mol. The number of nitrogens with zero attached hydrogens (tertiary/aromatic N) is 3. The highest BCUT2D eigenvalue weighted by Crippen LogP contribution is 2.41. The van der Waals surface area contributed by atoms with Crippen molar-refractivity contribution in [2.75, 3.05) is 32.1 Å². The maximum absolute atomic E-state index is 13.8. The summed E-state index contributed by atoms with van der Waals surface area (Å²) >= 11 is 0. The number of β-amino-alcohol motifs (C(OH)–C–C–N with tert-alkyl or cyclic N) is 1. The summed E-state index contributed by atoms with van der Waals surface area (Å²) < 4.78 is 5.21. The smallest absolute Gasteiger partial charge is 0.252 e. The number of hydrogen-bond donors (Lipinski definition) is 2. The van der Waals surface area contributed by atoms with Crippen molar-refractivity contribution in [3.63, 3.8) is 0 Å². The van der Waals surface area contributed by atoms with Crippen LogP contribution in [-0.4, -0.2) is 82.0 Å². The molecule has 0 aliphatic carbocycles. The zero-order chi connectivity index (χ0) is 24.7. The number of anilines is 1. The van der Waals surface area contributed by atoms with Crippen molar-refractivity contribution < 1.29 is 24.2 Å². The Morgan fingerprint density at radius 3 is 2.31 bits per heavy atom. The van der Waals surface area contributed by atoms with Crippen molar-refractivity contribution in [3.05, 3.63) is 59.7 Å². The predicted octanol–water partition coefficient (Wildman–Crippen LogP) is 1.21. The fourth-order valence-electron chi connectivity index (χ4n) is 5.52. The molecule has 3 heterocycles. The molecule has 3 aliphatic rings. The minimum atomic E-state index is -0.807. The van der Waals surface area contributed by atoms with Crippen molar-refractivity contribution in [1.29, 1.82) is 0 Å². The van der Waals surface area contributed by atoms with Gasteiger partial charge in [-0.25, -0.2) is 0 Å². The maximum atomic E-state index is 13.8. The summed E-state index contributed by atoms with van der Waals surface area (Å²) in [5.41, 5.74) is 1.86. The molecule has 184 valence electrons. The van der Waals surface area contributed by atoms with E-state index in [1.165, 1.54) is 11.8 Å². The molecule has 3 amide bonds. The molecule has 3 fully saturated rings. The number of carbonyl (C=O) groups is 3. The number of methoxy groups -OCH3 is 1. The molecular formula is C26H30N4O5. The van der Waals surface area contributed by atoms with Gasteiger partial charge in [-0.3, -0.25) is 29.1 Å². The lowest BCUT2D eigenvalue weighted by Crippen LogP contribution is -2.81. The molecular weight excluding hydrogens is 448 g/mol. The van der Waals surface area contributed by atoms with Crippen molar-refractivity contribution in [1.82, 2.24) is 14.7 Å². The largest absolute Gasteiger partial charge is 0.497 e. The number of nitrogens with one attached hydrogen (secondary N) is 1. The van der Waals surface area contributed by atoms with Crippen LogP contribution in [0, 0.1) is 0 Å². The van der Waals surface area contributed by atoms with Gasteiger partial charge in [0.15, 0.2) is 0 Å². The second kappa shape index (κ2) is 9.07. The van der Waals surface area contributed by atoms with Gasteiger partial charge in [0.2, 0.25) is 11.8 Å². The van der Waals surface area contributed by atoms with Gasteiger partial charge < -0.3 is 15.2 Å². The number of ether oxygens (including phenoxy) is 1. The number of imide groups is 1. The van der Waals surface area contributed by atoms with E-state index in [1.54, 1.807) is 7.11 Å². The van der Waals surface area contributed by atoms with Gasteiger partial charge in [-0.05, 0) is 41.8 Å². The minimum Gasteiger partial charge on any atom is -0.497 e. The van der Waals surface area contributed by atoms with Gasteiger partial charge in [-0.2, -0.15) is 0 Å². The molecule has 0 radical (unpaired) electrons. The number of likely N-dealkylation sites (tertiary alicyclic amines) is 1. The number of carbonyl (C=O) groups excluding carboxylic acids is 3. The first-order valence-electron chi connectivity index (χ1n) is 11.8. The van der Waals surface area contributed by atoms with E-state index in [-0.39, 0.29) is 24.3 Å². The second-order valence-corrected chi connectivity index (χ2v) is 9.69. The summed E-state index contributed by atoms with van der Waals surface area (Å²) in [5.74, 6) is 0.168. The maximum Gasteiger partial charge on any atom is 0.252 e. The zero-order valence-electron chi connectivity index (χ0n) is 19.9. The van der Waals surface area contributed by atoms with Crippen LogP contribution in [0.25, 0.3) is 0 Å². The fraction of sp³-hybridized carbons (Fsp3) is 0.423. The molecule has 0 saturated carbocycles. The molecule has 9 heteroatoms. The topological polar surface area (TPSA) is 102 Å². The van der Waals surface area contributed by atoms with Crippen LogP contribution in [0.4, 0.5) is 5.69 Å². The van der Waals surface area contributed by atoms with Crippen LogP contribution in [0.3, 0.4) is 0 Å². The molecule has 3 aliphatic heterocycles. The molecule has 0 unspecified atom stereocenters. The number of aliphatic hydroxyl groups excluding tert-OH is 1. The molecule has 9 nitrogen and oxygen atoms in total. The molecule has 0 bridgehead atoms. The summed E-state index contributed by atoms with van der Waals surface area (Å²) in [4.78, 5) is 43.8. The summed E-state index contributed by atoms with van der Waals surface area (Å²) in [6, 6.07) is 14.5. The average Bonchev–Trinajstić information content (AvgIpc) is 3.21. The summed E-state index contributed by atoms with van der Waals surface area (Å²) in [7, 11) is 1.59. The lowest BCUT2D eigenvalue weighted by molar-refractivity contribution is -0.181. The van der Waals surface area contributed by atoms with Gasteiger partial charge in [0, 0.05) is 38.8 Å². The molecule has 2 atom stereocenters. The standard InChI is InChI=1S/C26H30N4O5/c1-17(31)27-20-7-3-18(4-8-20)12-28-15-26(16-28)25(34)29(13-19-5-9-22(35-2)10-6-19)24(33)23-11-21(32)14-30(23)26/h3-10,21,23,32H,11-16H2,1-2H3,(H,27,31)/t21-,23+/m1/s1. The Bertz CT molecular complexity index is 1130. The first-order chi connectivity index (χ1) is 16.8. The van der Waals surface area contributed by atoms with E-state index in [0.717, 1.165) is 16.8 Å². The van der Waals surface area contributed by atoms with Crippen molar-refractivity contribution >= 4 is 23.4 Å². The summed E-state index contributed by atoms with van der Waals surface area (Å²) in [6.45, 7) is 3.65. The van der Waals surface area contributed by atoms with E-state index in [0.29, 0.717) is 38.3 Å². The highest BCUT2D eigenvalue weighted by molar-refractivity contribution is 6.06. The highest BCUT2D eigenvalue weighted by atomic mass is 16.5. The minimum absolute atomic E-state index is 0.116. The molecule has 5 rings (SSSR count). The molecule has 0 aromatic heterocycles. The van der Waals surface area contributed by atoms with E-state index in [4.69, 9.17) is 4.74 Å². The SMILES string of the molecule is COc1ccc(CN2C(=O)[C@@H]3C[C@@H](O)CN3C3(CN(Cc4ccc(NC(C)=O)cc4)C3)C2=O)cc1. The van der Waals surface area contributed by atoms with E-state index in [1.807, 2.05) is 53.4 Å². The van der Waals surface area contributed by atoms with E-state index in [2.05, 4.69) is 10.2 Å². The third-order valence-electron chi connectivity index (χ3n) is 7.17. The number of hydrogen-bond acceptors (Lipinski definition) is 7. The first-order valence-corrected chi connectivity index (χ1v) is 11.8. The number of piperazine rings is 1. The average molecular weight is 479 g/mol. The van der Waals surface area contributed by atoms with Crippen molar-refractivity contribution in [3.8, 4) is 5.75 Å². The Hall–Kier alpha value is -3.27. The highest BCUT2D eigenvalue weighted by Gasteiger charge is 2.64. The lowest BCUT2D eigenvalue weighted by Gasteiger charge is -2.58. The van der Waals surface area contributed by atoms with Crippen LogP contribution < -0.4 is 10.1 Å². The van der Waals surface area contributed by atoms with Crippen LogP contribution in [0.5, 0.6) is 5.75 Å². The normalized spacial score (nSPS) is 23.8. The van der Waals surface area contributed by atoms with Crippen LogP contribution in [0.1, 0.15) is 24.5 Å². The third kappa shape index (κ3) is 4.31. The quantitative estimate of drug-likeness (QED) is 0.602. The molecule has 1 spiro atoms. The predicted molar refractivity (Wildman–Crippen MR) is 128 cm³/mol. The van der Waals surface area contributed by atoms with Crippen LogP contribution in [-0.2, 0) is 27.5 Å². The van der Waals surface area contributed by atoms with Crippen molar-refractivity contribution in [2.45, 2.75) is 44.1 Å². The van der Waals surface area contributed by atoms with E-state index < -0.39 is 17.7 Å². The Morgan fingerprint density at radius 2 is 1.69 bits per heavy atom. The number of aliphatic hydroxyl groups is 1. The molecule has 2 aromatic rings. The number of fused-ring (bicyclic) bond motifs is 2. The Morgan fingerprint density at radius 1 is 1.06 bits per heavy atom. The fourth-order valence-corrected chi connectivity index (χ4v) is 5.52. The Kier molecular flexibility index (Phi) is 6.08.